The van der Waals surface area contributed by atoms with E-state index < -0.39 is 0 Å². The fraction of sp³-hybridized carbons (Fsp3) is 1.00. The lowest BCUT2D eigenvalue weighted by Crippen LogP contribution is -2.50. The molecule has 2 aliphatic rings. The fourth-order valence-electron chi connectivity index (χ4n) is 3.31. The summed E-state index contributed by atoms with van der Waals surface area (Å²) in [4.78, 5) is 2.65. The summed E-state index contributed by atoms with van der Waals surface area (Å²) in [6.07, 6.45) is 9.96. The van der Waals surface area contributed by atoms with E-state index in [9.17, 15) is 0 Å². The minimum Gasteiger partial charge on any atom is -0.375 e. The summed E-state index contributed by atoms with van der Waals surface area (Å²) >= 11 is 0. The highest BCUT2D eigenvalue weighted by atomic mass is 16.5. The molecule has 0 amide bonds. The normalized spacial score (nSPS) is 28.5. The van der Waals surface area contributed by atoms with Crippen molar-refractivity contribution in [2.24, 2.45) is 0 Å². The Bertz CT molecular complexity index is 223. The molecule has 106 valence electrons. The molecule has 3 heteroatoms. The summed E-state index contributed by atoms with van der Waals surface area (Å²) in [5.41, 5.74) is 0. The van der Waals surface area contributed by atoms with Crippen molar-refractivity contribution in [1.82, 2.24) is 10.2 Å². The number of nitrogens with zero attached hydrogens (tertiary/aromatic N) is 1. The third kappa shape index (κ3) is 4.22. The Balaban J connectivity index is 1.53. The van der Waals surface area contributed by atoms with Gasteiger partial charge in [-0.25, -0.2) is 0 Å². The van der Waals surface area contributed by atoms with Crippen molar-refractivity contribution < 1.29 is 4.74 Å². The van der Waals surface area contributed by atoms with E-state index in [1.807, 2.05) is 0 Å². The highest BCUT2D eigenvalue weighted by molar-refractivity contribution is 4.89. The third-order valence-corrected chi connectivity index (χ3v) is 4.38. The maximum absolute atomic E-state index is 5.84. The molecule has 1 saturated heterocycles. The molecule has 1 aliphatic heterocycles. The Morgan fingerprint density at radius 1 is 1.17 bits per heavy atom. The minimum atomic E-state index is 0.545. The molecule has 0 bridgehead atoms. The van der Waals surface area contributed by atoms with Crippen LogP contribution in [0.25, 0.3) is 0 Å². The van der Waals surface area contributed by atoms with Crippen molar-refractivity contribution in [3.63, 3.8) is 0 Å². The molecule has 1 heterocycles. The average molecular weight is 254 g/mol. The number of hydrogen-bond donors (Lipinski definition) is 1. The van der Waals surface area contributed by atoms with Gasteiger partial charge in [0.2, 0.25) is 0 Å². The predicted molar refractivity (Wildman–Crippen MR) is 76.0 cm³/mol. The highest BCUT2D eigenvalue weighted by Crippen LogP contribution is 2.29. The molecular weight excluding hydrogens is 224 g/mol. The lowest BCUT2D eigenvalue weighted by atomic mass is 10.1. The second-order valence-electron chi connectivity index (χ2n) is 5.75. The largest absolute Gasteiger partial charge is 0.375 e. The second-order valence-corrected chi connectivity index (χ2v) is 5.75. The van der Waals surface area contributed by atoms with Crippen LogP contribution in [-0.4, -0.2) is 49.8 Å². The summed E-state index contributed by atoms with van der Waals surface area (Å²) in [5, 5.41) is 3.59. The first kappa shape index (κ1) is 14.3. The molecule has 2 unspecified atom stereocenters. The van der Waals surface area contributed by atoms with Crippen LogP contribution in [0.4, 0.5) is 0 Å². The van der Waals surface area contributed by atoms with Gasteiger partial charge in [-0.3, -0.25) is 4.90 Å². The van der Waals surface area contributed by atoms with Crippen molar-refractivity contribution >= 4 is 0 Å². The van der Waals surface area contributed by atoms with Gasteiger partial charge in [-0.15, -0.1) is 0 Å². The Labute approximate surface area is 112 Å². The predicted octanol–water partition coefficient (Wildman–Crippen LogP) is 2.41. The van der Waals surface area contributed by atoms with Crippen LogP contribution >= 0.6 is 0 Å². The molecule has 0 aromatic carbocycles. The number of unbranched alkanes of at least 4 members (excludes halogenated alkanes) is 3. The van der Waals surface area contributed by atoms with E-state index in [0.717, 1.165) is 25.7 Å². The van der Waals surface area contributed by atoms with Crippen LogP contribution in [0, 0.1) is 0 Å². The van der Waals surface area contributed by atoms with Gasteiger partial charge >= 0.3 is 0 Å². The van der Waals surface area contributed by atoms with Gasteiger partial charge in [-0.05, 0) is 32.2 Å². The van der Waals surface area contributed by atoms with Gasteiger partial charge in [-0.1, -0.05) is 26.2 Å². The first-order valence-electron chi connectivity index (χ1n) is 7.98. The number of morpholine rings is 1. The second kappa shape index (κ2) is 8.13. The quantitative estimate of drug-likeness (QED) is 0.673. The van der Waals surface area contributed by atoms with E-state index in [-0.39, 0.29) is 0 Å². The third-order valence-electron chi connectivity index (χ3n) is 4.38. The maximum atomic E-state index is 5.84. The molecule has 2 atom stereocenters. The van der Waals surface area contributed by atoms with Crippen molar-refractivity contribution in [1.29, 1.82) is 0 Å². The molecular formula is C15H30N2O. The Morgan fingerprint density at radius 3 is 3.00 bits per heavy atom. The van der Waals surface area contributed by atoms with Crippen LogP contribution in [0.3, 0.4) is 0 Å². The van der Waals surface area contributed by atoms with Crippen LogP contribution in [0.2, 0.25) is 0 Å². The van der Waals surface area contributed by atoms with Gasteiger partial charge < -0.3 is 10.1 Å². The lowest BCUT2D eigenvalue weighted by molar-refractivity contribution is -0.0548. The SMILES string of the molecule is CCCCCCNCCN1CCOC2CCCC21. The number of hydrogen-bond acceptors (Lipinski definition) is 3. The number of nitrogens with one attached hydrogen (secondary N) is 1. The summed E-state index contributed by atoms with van der Waals surface area (Å²) in [5.74, 6) is 0. The van der Waals surface area contributed by atoms with Crippen molar-refractivity contribution in [2.45, 2.75) is 64.0 Å². The molecule has 0 spiro atoms. The smallest absolute Gasteiger partial charge is 0.0730 e. The summed E-state index contributed by atoms with van der Waals surface area (Å²) in [6.45, 7) is 7.90. The van der Waals surface area contributed by atoms with Gasteiger partial charge in [0.15, 0.2) is 0 Å². The molecule has 1 N–H and O–H groups in total. The zero-order chi connectivity index (χ0) is 12.6. The van der Waals surface area contributed by atoms with Crippen LogP contribution < -0.4 is 5.32 Å². The van der Waals surface area contributed by atoms with Crippen LogP contribution in [-0.2, 0) is 4.74 Å². The van der Waals surface area contributed by atoms with Crippen molar-refractivity contribution in [3.8, 4) is 0 Å². The monoisotopic (exact) mass is 254 g/mol. The topological polar surface area (TPSA) is 24.5 Å². The molecule has 1 aliphatic carbocycles. The van der Waals surface area contributed by atoms with E-state index in [4.69, 9.17) is 4.74 Å². The zero-order valence-corrected chi connectivity index (χ0v) is 12.0. The van der Waals surface area contributed by atoms with Crippen molar-refractivity contribution in [3.05, 3.63) is 0 Å². The highest BCUT2D eigenvalue weighted by Gasteiger charge is 2.35. The summed E-state index contributed by atoms with van der Waals surface area (Å²) in [7, 11) is 0. The first-order chi connectivity index (χ1) is 8.92. The lowest BCUT2D eigenvalue weighted by Gasteiger charge is -2.37. The van der Waals surface area contributed by atoms with Crippen LogP contribution in [0.1, 0.15) is 51.9 Å². The van der Waals surface area contributed by atoms with E-state index >= 15 is 0 Å². The zero-order valence-electron chi connectivity index (χ0n) is 12.0. The molecule has 1 saturated carbocycles. The van der Waals surface area contributed by atoms with Gasteiger partial charge in [0.25, 0.3) is 0 Å². The minimum absolute atomic E-state index is 0.545. The van der Waals surface area contributed by atoms with Gasteiger partial charge in [0, 0.05) is 25.7 Å². The van der Waals surface area contributed by atoms with Gasteiger partial charge in [0.1, 0.15) is 0 Å². The molecule has 0 radical (unpaired) electrons. The Hall–Kier alpha value is -0.120. The Kier molecular flexibility index (Phi) is 6.46. The molecule has 0 aromatic rings. The number of fused-ring (bicyclic) bond motifs is 1. The van der Waals surface area contributed by atoms with E-state index in [1.54, 1.807) is 0 Å². The van der Waals surface area contributed by atoms with E-state index in [2.05, 4.69) is 17.1 Å². The van der Waals surface area contributed by atoms with Gasteiger partial charge in [-0.2, -0.15) is 0 Å². The summed E-state index contributed by atoms with van der Waals surface area (Å²) in [6, 6.07) is 0.723. The fourth-order valence-corrected chi connectivity index (χ4v) is 3.31. The van der Waals surface area contributed by atoms with Gasteiger partial charge in [0.05, 0.1) is 12.7 Å². The molecule has 2 fully saturated rings. The van der Waals surface area contributed by atoms with Crippen molar-refractivity contribution in [2.75, 3.05) is 32.8 Å². The molecule has 2 rings (SSSR count). The molecule has 18 heavy (non-hydrogen) atoms. The van der Waals surface area contributed by atoms with Crippen LogP contribution in [0.5, 0.6) is 0 Å². The average Bonchev–Trinajstić information content (AvgIpc) is 2.86. The maximum Gasteiger partial charge on any atom is 0.0730 e. The summed E-state index contributed by atoms with van der Waals surface area (Å²) < 4.78 is 5.84. The number of ether oxygens (including phenoxy) is 1. The van der Waals surface area contributed by atoms with E-state index in [1.165, 1.54) is 58.0 Å². The van der Waals surface area contributed by atoms with E-state index in [0.29, 0.717) is 6.10 Å². The van der Waals surface area contributed by atoms with Crippen LogP contribution in [0.15, 0.2) is 0 Å². The Morgan fingerprint density at radius 2 is 2.11 bits per heavy atom. The molecule has 3 nitrogen and oxygen atoms in total. The molecule has 0 aromatic heterocycles. The first-order valence-corrected chi connectivity index (χ1v) is 7.98. The standard InChI is InChI=1S/C15H30N2O/c1-2-3-4-5-9-16-10-11-17-12-13-18-15-8-6-7-14(15)17/h14-16H,2-13H2,1H3. The number of rotatable bonds is 8.